The van der Waals surface area contributed by atoms with Crippen molar-refractivity contribution in [2.45, 2.75) is 27.3 Å². The van der Waals surface area contributed by atoms with Gasteiger partial charge in [0.15, 0.2) is 0 Å². The summed E-state index contributed by atoms with van der Waals surface area (Å²) in [6, 6.07) is 16.3. The minimum Gasteiger partial charge on any atom is -0.272 e. The van der Waals surface area contributed by atoms with Gasteiger partial charge in [-0.05, 0) is 50.6 Å². The Balaban J connectivity index is 1.82. The highest BCUT2D eigenvalue weighted by atomic mass is 16.2. The molecule has 0 aliphatic carbocycles. The molecule has 2 heterocycles. The van der Waals surface area contributed by atoms with Crippen LogP contribution in [-0.4, -0.2) is 25.5 Å². The van der Waals surface area contributed by atoms with Crippen molar-refractivity contribution in [2.24, 2.45) is 0 Å². The first-order valence-electron chi connectivity index (χ1n) is 9.71. The van der Waals surface area contributed by atoms with Crippen LogP contribution in [0.1, 0.15) is 38.3 Å². The van der Waals surface area contributed by atoms with E-state index in [0.717, 1.165) is 11.1 Å². The van der Waals surface area contributed by atoms with E-state index in [4.69, 9.17) is 5.26 Å². The number of nitrogens with zero attached hydrogens (tertiary/aromatic N) is 5. The van der Waals surface area contributed by atoms with Crippen LogP contribution < -0.4 is 10.5 Å². The van der Waals surface area contributed by atoms with Gasteiger partial charge in [0, 0.05) is 16.8 Å². The second-order valence-corrected chi connectivity index (χ2v) is 7.38. The van der Waals surface area contributed by atoms with E-state index in [1.807, 2.05) is 19.1 Å². The monoisotopic (exact) mass is 412 g/mol. The molecular weight excluding hydrogens is 392 g/mol. The number of aryl methyl sites for hydroxylation is 2. The summed E-state index contributed by atoms with van der Waals surface area (Å²) in [6.45, 7) is 5.56. The predicted molar refractivity (Wildman–Crippen MR) is 116 cm³/mol. The van der Waals surface area contributed by atoms with Crippen molar-refractivity contribution in [1.29, 1.82) is 5.26 Å². The Morgan fingerprint density at radius 2 is 1.87 bits per heavy atom. The van der Waals surface area contributed by atoms with E-state index in [1.165, 1.54) is 9.42 Å². The number of hydrogen-bond donors (Lipinski definition) is 1. The standard InChI is InChI=1S/C23H20N6O2/c1-14-5-4-6-19(11-14)21(31)28(13-18-9-7-17(12-24)8-10-18)23-26-22-25-16(3)15(2)20(30)29(22)27-23/h4-11H,13H2,1-3H3,(H,25,26,27). The van der Waals surface area contributed by atoms with Gasteiger partial charge in [0.2, 0.25) is 5.95 Å². The van der Waals surface area contributed by atoms with Gasteiger partial charge < -0.3 is 0 Å². The van der Waals surface area contributed by atoms with Crippen LogP contribution in [0.25, 0.3) is 5.78 Å². The summed E-state index contributed by atoms with van der Waals surface area (Å²) in [5, 5.41) is 12.0. The molecule has 0 saturated carbocycles. The first-order chi connectivity index (χ1) is 14.9. The third-order valence-electron chi connectivity index (χ3n) is 5.14. The molecule has 0 bridgehead atoms. The predicted octanol–water partition coefficient (Wildman–Crippen LogP) is 3.06. The molecule has 8 nitrogen and oxygen atoms in total. The van der Waals surface area contributed by atoms with E-state index in [1.54, 1.807) is 50.2 Å². The van der Waals surface area contributed by atoms with Crippen LogP contribution in [0.4, 0.5) is 5.95 Å². The van der Waals surface area contributed by atoms with Gasteiger partial charge in [0.1, 0.15) is 0 Å². The van der Waals surface area contributed by atoms with Gasteiger partial charge in [0.25, 0.3) is 17.2 Å². The number of rotatable bonds is 4. The number of carbonyl (C=O) groups excluding carboxylic acids is 1. The molecule has 0 saturated heterocycles. The van der Waals surface area contributed by atoms with Crippen LogP contribution in [0.2, 0.25) is 0 Å². The second kappa shape index (κ2) is 7.88. The van der Waals surface area contributed by atoms with E-state index < -0.39 is 0 Å². The lowest BCUT2D eigenvalue weighted by Crippen LogP contribution is -2.31. The fraction of sp³-hybridized carbons (Fsp3) is 0.174. The fourth-order valence-corrected chi connectivity index (χ4v) is 3.26. The maximum Gasteiger partial charge on any atom is 0.277 e. The fourth-order valence-electron chi connectivity index (χ4n) is 3.26. The van der Waals surface area contributed by atoms with Gasteiger partial charge in [-0.1, -0.05) is 29.8 Å². The van der Waals surface area contributed by atoms with Crippen molar-refractivity contribution in [3.8, 4) is 6.07 Å². The molecule has 0 atom stereocenters. The molecule has 8 heteroatoms. The zero-order valence-corrected chi connectivity index (χ0v) is 17.4. The summed E-state index contributed by atoms with van der Waals surface area (Å²) >= 11 is 0. The first kappa shape index (κ1) is 20.0. The Kier molecular flexibility index (Phi) is 5.09. The van der Waals surface area contributed by atoms with Crippen LogP contribution >= 0.6 is 0 Å². The maximum atomic E-state index is 13.4. The number of H-pyrrole nitrogens is 1. The number of anilines is 1. The second-order valence-electron chi connectivity index (χ2n) is 7.38. The molecule has 0 spiro atoms. The molecule has 0 aliphatic heterocycles. The Morgan fingerprint density at radius 3 is 2.55 bits per heavy atom. The van der Waals surface area contributed by atoms with Crippen LogP contribution in [0.5, 0.6) is 0 Å². The van der Waals surface area contributed by atoms with E-state index in [2.05, 4.69) is 21.1 Å². The van der Waals surface area contributed by atoms with E-state index in [-0.39, 0.29) is 29.7 Å². The molecule has 0 unspecified atom stereocenters. The highest BCUT2D eigenvalue weighted by Crippen LogP contribution is 2.18. The van der Waals surface area contributed by atoms with E-state index in [0.29, 0.717) is 22.4 Å². The number of benzene rings is 2. The lowest BCUT2D eigenvalue weighted by atomic mass is 10.1. The summed E-state index contributed by atoms with van der Waals surface area (Å²) in [6.07, 6.45) is 0. The average molecular weight is 412 g/mol. The van der Waals surface area contributed by atoms with Gasteiger partial charge in [-0.3, -0.25) is 19.6 Å². The molecule has 154 valence electrons. The topological polar surface area (TPSA) is 107 Å². The number of aromatic nitrogens is 4. The molecule has 0 fully saturated rings. The smallest absolute Gasteiger partial charge is 0.272 e. The lowest BCUT2D eigenvalue weighted by molar-refractivity contribution is 0.0983. The normalized spacial score (nSPS) is 10.8. The third-order valence-corrected chi connectivity index (χ3v) is 5.14. The molecule has 1 amide bonds. The molecule has 2 aromatic carbocycles. The van der Waals surface area contributed by atoms with Crippen molar-refractivity contribution in [3.05, 3.63) is 92.4 Å². The Labute approximate surface area is 178 Å². The highest BCUT2D eigenvalue weighted by Gasteiger charge is 2.23. The minimum atomic E-state index is -0.270. The molecule has 4 aromatic rings. The minimum absolute atomic E-state index is 0.199. The van der Waals surface area contributed by atoms with Crippen molar-refractivity contribution in [1.82, 2.24) is 19.6 Å². The molecule has 1 N–H and O–H groups in total. The number of nitrogens with one attached hydrogen (secondary N) is 1. The maximum absolute atomic E-state index is 13.4. The summed E-state index contributed by atoms with van der Waals surface area (Å²) in [5.41, 5.74) is 3.64. The summed E-state index contributed by atoms with van der Waals surface area (Å²) in [7, 11) is 0. The largest absolute Gasteiger partial charge is 0.277 e. The number of amides is 1. The molecule has 2 aromatic heterocycles. The SMILES string of the molecule is Cc1cccc(C(=O)N(Cc2ccc(C#N)cc2)c2nc3nc(C)c(C)c(=O)n3[nH]2)c1. The Morgan fingerprint density at radius 1 is 1.13 bits per heavy atom. The summed E-state index contributed by atoms with van der Waals surface area (Å²) in [5.74, 6) is 0.143. The Bertz CT molecular complexity index is 1390. The van der Waals surface area contributed by atoms with E-state index in [9.17, 15) is 9.59 Å². The van der Waals surface area contributed by atoms with Crippen molar-refractivity contribution < 1.29 is 4.79 Å². The summed E-state index contributed by atoms with van der Waals surface area (Å²) in [4.78, 5) is 36.3. The molecule has 31 heavy (non-hydrogen) atoms. The average Bonchev–Trinajstić information content (AvgIpc) is 3.19. The summed E-state index contributed by atoms with van der Waals surface area (Å²) < 4.78 is 1.24. The zero-order valence-electron chi connectivity index (χ0n) is 17.4. The van der Waals surface area contributed by atoms with Crippen LogP contribution in [0, 0.1) is 32.1 Å². The van der Waals surface area contributed by atoms with Gasteiger partial charge in [0.05, 0.1) is 18.2 Å². The van der Waals surface area contributed by atoms with Crippen LogP contribution in [-0.2, 0) is 6.54 Å². The number of nitriles is 1. The van der Waals surface area contributed by atoms with Gasteiger partial charge in [-0.25, -0.2) is 4.98 Å². The zero-order chi connectivity index (χ0) is 22.1. The van der Waals surface area contributed by atoms with Gasteiger partial charge in [-0.15, -0.1) is 0 Å². The quantitative estimate of drug-likeness (QED) is 0.554. The van der Waals surface area contributed by atoms with E-state index >= 15 is 0 Å². The molecule has 0 aliphatic rings. The number of fused-ring (bicyclic) bond motifs is 1. The number of hydrogen-bond acceptors (Lipinski definition) is 5. The third kappa shape index (κ3) is 3.81. The first-order valence-corrected chi connectivity index (χ1v) is 9.71. The van der Waals surface area contributed by atoms with Gasteiger partial charge >= 0.3 is 0 Å². The molecule has 4 rings (SSSR count). The van der Waals surface area contributed by atoms with Crippen LogP contribution in [0.3, 0.4) is 0 Å². The number of aromatic amines is 1. The molecule has 0 radical (unpaired) electrons. The lowest BCUT2D eigenvalue weighted by Gasteiger charge is -2.20. The highest BCUT2D eigenvalue weighted by molar-refractivity contribution is 6.05. The number of carbonyl (C=O) groups is 1. The van der Waals surface area contributed by atoms with Gasteiger partial charge in [-0.2, -0.15) is 14.8 Å². The Hall–Kier alpha value is -4.25. The van der Waals surface area contributed by atoms with Crippen molar-refractivity contribution in [2.75, 3.05) is 4.90 Å². The van der Waals surface area contributed by atoms with Crippen molar-refractivity contribution in [3.63, 3.8) is 0 Å². The van der Waals surface area contributed by atoms with Crippen LogP contribution in [0.15, 0.2) is 53.3 Å². The van der Waals surface area contributed by atoms with Crippen molar-refractivity contribution >= 4 is 17.6 Å². The molecular formula is C23H20N6O2.